The average Bonchev–Trinajstić information content (AvgIpc) is 2.36. The van der Waals surface area contributed by atoms with Gasteiger partial charge < -0.3 is 5.73 Å². The van der Waals surface area contributed by atoms with Gasteiger partial charge in [-0.2, -0.15) is 0 Å². The average molecular weight is 231 g/mol. The van der Waals surface area contributed by atoms with Crippen molar-refractivity contribution in [1.29, 1.82) is 0 Å². The molecule has 0 bridgehead atoms. The summed E-state index contributed by atoms with van der Waals surface area (Å²) in [6, 6.07) is 7.14. The van der Waals surface area contributed by atoms with E-state index in [9.17, 15) is 0 Å². The van der Waals surface area contributed by atoms with Crippen LogP contribution in [0.15, 0.2) is 18.2 Å². The Kier molecular flexibility index (Phi) is 3.88. The third-order valence-corrected chi connectivity index (χ3v) is 4.14. The van der Waals surface area contributed by atoms with Gasteiger partial charge in [0.15, 0.2) is 0 Å². The molecule has 1 aromatic rings. The molecule has 0 saturated heterocycles. The summed E-state index contributed by atoms with van der Waals surface area (Å²) >= 11 is 0. The van der Waals surface area contributed by atoms with E-state index >= 15 is 0 Å². The monoisotopic (exact) mass is 231 g/mol. The molecule has 0 saturated carbocycles. The molecule has 1 aliphatic rings. The standard InChI is InChI=1S/C16H25N/c1-16(2,10-5-11-17)15-9-8-13-6-3-4-7-14(13)12-15/h8-9,12H,3-7,10-11,17H2,1-2H3. The van der Waals surface area contributed by atoms with Crippen molar-refractivity contribution >= 4 is 0 Å². The van der Waals surface area contributed by atoms with E-state index in [1.165, 1.54) is 37.7 Å². The van der Waals surface area contributed by atoms with Crippen LogP contribution in [0.3, 0.4) is 0 Å². The van der Waals surface area contributed by atoms with Crippen molar-refractivity contribution in [2.45, 2.75) is 57.8 Å². The van der Waals surface area contributed by atoms with Gasteiger partial charge in [0.25, 0.3) is 0 Å². The number of rotatable bonds is 4. The molecule has 17 heavy (non-hydrogen) atoms. The van der Waals surface area contributed by atoms with Gasteiger partial charge in [0.2, 0.25) is 0 Å². The molecule has 0 unspecified atom stereocenters. The molecule has 1 nitrogen and oxygen atoms in total. The van der Waals surface area contributed by atoms with Crippen molar-refractivity contribution in [1.82, 2.24) is 0 Å². The second-order valence-corrected chi connectivity index (χ2v) is 5.97. The molecule has 1 aromatic carbocycles. The highest BCUT2D eigenvalue weighted by Crippen LogP contribution is 2.31. The Morgan fingerprint density at radius 1 is 1.12 bits per heavy atom. The number of nitrogens with two attached hydrogens (primary N) is 1. The lowest BCUT2D eigenvalue weighted by molar-refractivity contribution is 0.464. The second-order valence-electron chi connectivity index (χ2n) is 5.97. The SMILES string of the molecule is CC(C)(CCCN)c1ccc2c(c1)CCCC2. The Morgan fingerprint density at radius 3 is 2.53 bits per heavy atom. The van der Waals surface area contributed by atoms with Gasteiger partial charge in [0, 0.05) is 0 Å². The molecular weight excluding hydrogens is 206 g/mol. The molecule has 0 fully saturated rings. The van der Waals surface area contributed by atoms with E-state index in [-0.39, 0.29) is 5.41 Å². The highest BCUT2D eigenvalue weighted by molar-refractivity contribution is 5.36. The normalized spacial score (nSPS) is 15.7. The number of fused-ring (bicyclic) bond motifs is 1. The predicted octanol–water partition coefficient (Wildman–Crippen LogP) is 3.58. The molecule has 0 heterocycles. The topological polar surface area (TPSA) is 26.0 Å². The fourth-order valence-corrected chi connectivity index (χ4v) is 2.84. The first-order valence-corrected chi connectivity index (χ1v) is 6.96. The minimum absolute atomic E-state index is 0.270. The zero-order valence-electron chi connectivity index (χ0n) is 11.3. The first-order valence-electron chi connectivity index (χ1n) is 6.96. The first-order chi connectivity index (χ1) is 8.13. The van der Waals surface area contributed by atoms with E-state index in [2.05, 4.69) is 32.0 Å². The number of hydrogen-bond acceptors (Lipinski definition) is 1. The minimum atomic E-state index is 0.270. The largest absolute Gasteiger partial charge is 0.330 e. The van der Waals surface area contributed by atoms with E-state index in [4.69, 9.17) is 5.73 Å². The van der Waals surface area contributed by atoms with Crippen molar-refractivity contribution in [3.8, 4) is 0 Å². The molecule has 0 aromatic heterocycles. The van der Waals surface area contributed by atoms with Crippen molar-refractivity contribution < 1.29 is 0 Å². The zero-order chi connectivity index (χ0) is 12.3. The summed E-state index contributed by atoms with van der Waals surface area (Å²) in [6.07, 6.45) is 7.57. The maximum atomic E-state index is 5.62. The third kappa shape index (κ3) is 2.90. The summed E-state index contributed by atoms with van der Waals surface area (Å²) in [6.45, 7) is 5.48. The third-order valence-electron chi connectivity index (χ3n) is 4.14. The van der Waals surface area contributed by atoms with Crippen LogP contribution >= 0.6 is 0 Å². The van der Waals surface area contributed by atoms with Crippen LogP contribution in [0.4, 0.5) is 0 Å². The lowest BCUT2D eigenvalue weighted by Gasteiger charge is -2.27. The van der Waals surface area contributed by atoms with Gasteiger partial charge in [-0.05, 0) is 67.2 Å². The van der Waals surface area contributed by atoms with Crippen LogP contribution in [0.1, 0.15) is 56.2 Å². The summed E-state index contributed by atoms with van der Waals surface area (Å²) in [5.41, 5.74) is 10.6. The lowest BCUT2D eigenvalue weighted by atomic mass is 9.78. The van der Waals surface area contributed by atoms with Crippen LogP contribution in [-0.4, -0.2) is 6.54 Å². The number of benzene rings is 1. The van der Waals surface area contributed by atoms with Gasteiger partial charge in [0.1, 0.15) is 0 Å². The Labute approximate surface area is 105 Å². The fourth-order valence-electron chi connectivity index (χ4n) is 2.84. The molecule has 2 rings (SSSR count). The first kappa shape index (κ1) is 12.6. The molecular formula is C16H25N. The van der Waals surface area contributed by atoms with E-state index < -0.39 is 0 Å². The van der Waals surface area contributed by atoms with E-state index in [1.54, 1.807) is 11.1 Å². The van der Waals surface area contributed by atoms with Gasteiger partial charge >= 0.3 is 0 Å². The Hall–Kier alpha value is -0.820. The molecule has 0 spiro atoms. The second kappa shape index (κ2) is 5.22. The Bertz CT molecular complexity index is 379. The smallest absolute Gasteiger partial charge is 0.00770 e. The van der Waals surface area contributed by atoms with Gasteiger partial charge in [-0.25, -0.2) is 0 Å². The maximum Gasteiger partial charge on any atom is -0.00770 e. The Balaban J connectivity index is 2.20. The quantitative estimate of drug-likeness (QED) is 0.842. The summed E-state index contributed by atoms with van der Waals surface area (Å²) in [5, 5.41) is 0. The molecule has 1 aliphatic carbocycles. The number of aryl methyl sites for hydroxylation is 2. The van der Waals surface area contributed by atoms with Gasteiger partial charge in [-0.3, -0.25) is 0 Å². The molecule has 1 heteroatoms. The summed E-state index contributed by atoms with van der Waals surface area (Å²) in [7, 11) is 0. The van der Waals surface area contributed by atoms with E-state index in [0.717, 1.165) is 13.0 Å². The van der Waals surface area contributed by atoms with Gasteiger partial charge in [-0.1, -0.05) is 32.0 Å². The van der Waals surface area contributed by atoms with Crippen LogP contribution in [0.25, 0.3) is 0 Å². The maximum absolute atomic E-state index is 5.62. The minimum Gasteiger partial charge on any atom is -0.330 e. The van der Waals surface area contributed by atoms with Crippen LogP contribution in [0.2, 0.25) is 0 Å². The van der Waals surface area contributed by atoms with E-state index in [1.807, 2.05) is 0 Å². The highest BCUT2D eigenvalue weighted by atomic mass is 14.5. The van der Waals surface area contributed by atoms with Crippen LogP contribution in [-0.2, 0) is 18.3 Å². The summed E-state index contributed by atoms with van der Waals surface area (Å²) < 4.78 is 0. The molecule has 0 aliphatic heterocycles. The molecule has 0 radical (unpaired) electrons. The van der Waals surface area contributed by atoms with Crippen LogP contribution < -0.4 is 5.73 Å². The van der Waals surface area contributed by atoms with Crippen molar-refractivity contribution in [3.05, 3.63) is 34.9 Å². The van der Waals surface area contributed by atoms with Crippen molar-refractivity contribution in [2.75, 3.05) is 6.54 Å². The molecule has 2 N–H and O–H groups in total. The van der Waals surface area contributed by atoms with Crippen LogP contribution in [0.5, 0.6) is 0 Å². The number of hydrogen-bond donors (Lipinski definition) is 1. The molecule has 94 valence electrons. The predicted molar refractivity (Wildman–Crippen MR) is 74.4 cm³/mol. The van der Waals surface area contributed by atoms with E-state index in [0.29, 0.717) is 0 Å². The zero-order valence-corrected chi connectivity index (χ0v) is 11.3. The summed E-state index contributed by atoms with van der Waals surface area (Å²) in [4.78, 5) is 0. The van der Waals surface area contributed by atoms with Crippen molar-refractivity contribution in [3.63, 3.8) is 0 Å². The van der Waals surface area contributed by atoms with Gasteiger partial charge in [-0.15, -0.1) is 0 Å². The molecule has 0 atom stereocenters. The fraction of sp³-hybridized carbons (Fsp3) is 0.625. The van der Waals surface area contributed by atoms with Crippen molar-refractivity contribution in [2.24, 2.45) is 5.73 Å². The highest BCUT2D eigenvalue weighted by Gasteiger charge is 2.21. The lowest BCUT2D eigenvalue weighted by Crippen LogP contribution is -2.19. The molecule has 0 amide bonds. The summed E-state index contributed by atoms with van der Waals surface area (Å²) in [5.74, 6) is 0. The van der Waals surface area contributed by atoms with Gasteiger partial charge in [0.05, 0.1) is 0 Å². The Morgan fingerprint density at radius 2 is 1.82 bits per heavy atom. The van der Waals surface area contributed by atoms with Crippen LogP contribution in [0, 0.1) is 0 Å².